The molecule has 0 bridgehead atoms. The third-order valence-electron chi connectivity index (χ3n) is 5.04. The Bertz CT molecular complexity index is 406. The summed E-state index contributed by atoms with van der Waals surface area (Å²) in [5.41, 5.74) is 8.07. The Morgan fingerprint density at radius 1 is 1.44 bits per heavy atom. The van der Waals surface area contributed by atoms with Crippen molar-refractivity contribution in [1.29, 1.82) is 0 Å². The number of nitrogens with two attached hydrogens (primary N) is 1. The fraction of sp³-hybridized carbons (Fsp3) is 0.733. The van der Waals surface area contributed by atoms with Crippen LogP contribution in [0.4, 0.5) is 0 Å². The summed E-state index contributed by atoms with van der Waals surface area (Å²) in [4.78, 5) is 4.28. The molecule has 1 aliphatic heterocycles. The Morgan fingerprint density at radius 3 is 2.94 bits per heavy atom. The van der Waals surface area contributed by atoms with Gasteiger partial charge in [-0.15, -0.1) is 11.3 Å². The van der Waals surface area contributed by atoms with Crippen molar-refractivity contribution in [2.45, 2.75) is 45.1 Å². The molecule has 1 aliphatic carbocycles. The Hall–Kier alpha value is -0.380. The lowest BCUT2D eigenvalue weighted by molar-refractivity contribution is 0.115. The molecule has 2 heterocycles. The first-order valence-corrected chi connectivity index (χ1v) is 8.12. The van der Waals surface area contributed by atoms with E-state index < -0.39 is 0 Å². The summed E-state index contributed by atoms with van der Waals surface area (Å²) >= 11 is 1.93. The van der Waals surface area contributed by atoms with Crippen molar-refractivity contribution in [2.75, 3.05) is 19.6 Å². The van der Waals surface area contributed by atoms with Gasteiger partial charge in [0.1, 0.15) is 0 Å². The molecule has 1 saturated carbocycles. The predicted octanol–water partition coefficient (Wildman–Crippen LogP) is 3.19. The van der Waals surface area contributed by atoms with Gasteiger partial charge in [0.2, 0.25) is 0 Å². The number of nitrogens with zero attached hydrogens (tertiary/aromatic N) is 1. The summed E-state index contributed by atoms with van der Waals surface area (Å²) in [5, 5.41) is 2.25. The molecule has 1 aromatic heterocycles. The van der Waals surface area contributed by atoms with Crippen LogP contribution in [0.25, 0.3) is 0 Å². The van der Waals surface area contributed by atoms with E-state index in [0.29, 0.717) is 11.5 Å². The van der Waals surface area contributed by atoms with Crippen LogP contribution in [0.2, 0.25) is 0 Å². The van der Waals surface area contributed by atoms with Gasteiger partial charge in [0.05, 0.1) is 0 Å². The normalized spacial score (nSPS) is 27.3. The minimum atomic E-state index is 0.418. The zero-order chi connectivity index (χ0) is 12.6. The van der Waals surface area contributed by atoms with E-state index in [9.17, 15) is 0 Å². The van der Waals surface area contributed by atoms with E-state index >= 15 is 0 Å². The van der Waals surface area contributed by atoms with Crippen LogP contribution in [0, 0.1) is 5.41 Å². The first-order chi connectivity index (χ1) is 8.74. The van der Waals surface area contributed by atoms with Gasteiger partial charge in [-0.05, 0) is 55.2 Å². The molecule has 0 radical (unpaired) electrons. The average molecular weight is 264 g/mol. The van der Waals surface area contributed by atoms with Gasteiger partial charge < -0.3 is 5.73 Å². The monoisotopic (exact) mass is 264 g/mol. The van der Waals surface area contributed by atoms with Gasteiger partial charge in [0, 0.05) is 24.0 Å². The average Bonchev–Trinajstić information content (AvgIpc) is 3.03. The summed E-state index contributed by atoms with van der Waals surface area (Å²) in [7, 11) is 0. The summed E-state index contributed by atoms with van der Waals surface area (Å²) in [6.45, 7) is 5.66. The molecule has 3 rings (SSSR count). The molecule has 1 fully saturated rings. The third-order valence-corrected chi connectivity index (χ3v) is 6.04. The van der Waals surface area contributed by atoms with Gasteiger partial charge in [-0.25, -0.2) is 0 Å². The van der Waals surface area contributed by atoms with Gasteiger partial charge in [-0.3, -0.25) is 4.90 Å². The molecule has 18 heavy (non-hydrogen) atoms. The highest BCUT2D eigenvalue weighted by atomic mass is 32.1. The minimum absolute atomic E-state index is 0.418. The highest BCUT2D eigenvalue weighted by molar-refractivity contribution is 7.10. The Balaban J connectivity index is 1.74. The molecule has 1 atom stereocenters. The number of hydrogen-bond donors (Lipinski definition) is 1. The van der Waals surface area contributed by atoms with Crippen LogP contribution < -0.4 is 5.73 Å². The van der Waals surface area contributed by atoms with Crippen LogP contribution in [-0.4, -0.2) is 24.5 Å². The topological polar surface area (TPSA) is 29.3 Å². The fourth-order valence-electron chi connectivity index (χ4n) is 3.76. The predicted molar refractivity (Wildman–Crippen MR) is 78.0 cm³/mol. The number of fused-ring (bicyclic) bond motifs is 1. The second-order valence-corrected chi connectivity index (χ2v) is 7.11. The maximum absolute atomic E-state index is 6.08. The van der Waals surface area contributed by atoms with Crippen LogP contribution in [0.1, 0.15) is 49.1 Å². The first kappa shape index (κ1) is 12.6. The fourth-order valence-corrected chi connectivity index (χ4v) is 4.72. The van der Waals surface area contributed by atoms with E-state index in [1.54, 1.807) is 10.4 Å². The highest BCUT2D eigenvalue weighted by Gasteiger charge is 2.36. The SMILES string of the molecule is CC1c2ccsc2CCN1CC1(CN)CCCC1. The Kier molecular flexibility index (Phi) is 3.48. The molecule has 3 heteroatoms. The van der Waals surface area contributed by atoms with Gasteiger partial charge in [0.25, 0.3) is 0 Å². The van der Waals surface area contributed by atoms with E-state index in [4.69, 9.17) is 5.73 Å². The molecule has 0 saturated heterocycles. The molecule has 100 valence electrons. The lowest BCUT2D eigenvalue weighted by Gasteiger charge is -2.40. The zero-order valence-corrected chi connectivity index (χ0v) is 12.1. The van der Waals surface area contributed by atoms with Gasteiger partial charge >= 0.3 is 0 Å². The molecule has 2 nitrogen and oxygen atoms in total. The minimum Gasteiger partial charge on any atom is -0.330 e. The molecule has 1 unspecified atom stereocenters. The Morgan fingerprint density at radius 2 is 2.22 bits per heavy atom. The van der Waals surface area contributed by atoms with Crippen LogP contribution in [0.15, 0.2) is 11.4 Å². The molecule has 0 spiro atoms. The maximum atomic E-state index is 6.08. The molecule has 2 aliphatic rings. The second kappa shape index (κ2) is 4.95. The largest absolute Gasteiger partial charge is 0.330 e. The van der Waals surface area contributed by atoms with Crippen molar-refractivity contribution in [2.24, 2.45) is 11.1 Å². The van der Waals surface area contributed by atoms with Crippen molar-refractivity contribution < 1.29 is 0 Å². The van der Waals surface area contributed by atoms with Crippen LogP contribution in [0.5, 0.6) is 0 Å². The first-order valence-electron chi connectivity index (χ1n) is 7.24. The highest BCUT2D eigenvalue weighted by Crippen LogP contribution is 2.41. The van der Waals surface area contributed by atoms with E-state index in [-0.39, 0.29) is 0 Å². The van der Waals surface area contributed by atoms with Crippen molar-refractivity contribution in [3.8, 4) is 0 Å². The third kappa shape index (κ3) is 2.13. The molecule has 0 aromatic carbocycles. The maximum Gasteiger partial charge on any atom is 0.0331 e. The second-order valence-electron chi connectivity index (χ2n) is 6.11. The van der Waals surface area contributed by atoms with E-state index in [1.807, 2.05) is 11.3 Å². The number of thiophene rings is 1. The Labute approximate surface area is 114 Å². The summed E-state index contributed by atoms with van der Waals surface area (Å²) in [6, 6.07) is 2.91. The van der Waals surface area contributed by atoms with Crippen LogP contribution in [-0.2, 0) is 6.42 Å². The molecule has 0 amide bonds. The summed E-state index contributed by atoms with van der Waals surface area (Å²) in [6.07, 6.45) is 6.66. The van der Waals surface area contributed by atoms with Crippen molar-refractivity contribution in [3.05, 3.63) is 21.9 Å². The molecule has 2 N–H and O–H groups in total. The zero-order valence-electron chi connectivity index (χ0n) is 11.3. The van der Waals surface area contributed by atoms with Crippen LogP contribution in [0.3, 0.4) is 0 Å². The van der Waals surface area contributed by atoms with Gasteiger partial charge in [-0.1, -0.05) is 12.8 Å². The summed E-state index contributed by atoms with van der Waals surface area (Å²) < 4.78 is 0. The summed E-state index contributed by atoms with van der Waals surface area (Å²) in [5.74, 6) is 0. The van der Waals surface area contributed by atoms with Crippen molar-refractivity contribution >= 4 is 11.3 Å². The number of rotatable bonds is 3. The molecular formula is C15H24N2S. The molecule has 1 aromatic rings. The van der Waals surface area contributed by atoms with Gasteiger partial charge in [0.15, 0.2) is 0 Å². The van der Waals surface area contributed by atoms with Gasteiger partial charge in [-0.2, -0.15) is 0 Å². The van der Waals surface area contributed by atoms with E-state index in [0.717, 1.165) is 6.54 Å². The lowest BCUT2D eigenvalue weighted by Crippen LogP contribution is -2.44. The smallest absolute Gasteiger partial charge is 0.0331 e. The van der Waals surface area contributed by atoms with Crippen molar-refractivity contribution in [1.82, 2.24) is 4.90 Å². The van der Waals surface area contributed by atoms with Crippen molar-refractivity contribution in [3.63, 3.8) is 0 Å². The standard InChI is InChI=1S/C15H24N2S/c1-12-13-5-9-18-14(13)4-8-17(12)11-15(10-16)6-2-3-7-15/h5,9,12H,2-4,6-8,10-11,16H2,1H3. The van der Waals surface area contributed by atoms with E-state index in [1.165, 1.54) is 45.2 Å². The quantitative estimate of drug-likeness (QED) is 0.908. The number of hydrogen-bond acceptors (Lipinski definition) is 3. The van der Waals surface area contributed by atoms with E-state index in [2.05, 4.69) is 23.3 Å². The lowest BCUT2D eigenvalue weighted by atomic mass is 9.84. The van der Waals surface area contributed by atoms with Crippen LogP contribution >= 0.6 is 11.3 Å². The molecular weight excluding hydrogens is 240 g/mol.